The number of benzene rings is 2. The minimum Gasteiger partial charge on any atom is -0.411 e. The lowest BCUT2D eigenvalue weighted by Gasteiger charge is -2.33. The maximum atomic E-state index is 9.88. The van der Waals surface area contributed by atoms with Crippen LogP contribution in [0.2, 0.25) is 0 Å². The van der Waals surface area contributed by atoms with Gasteiger partial charge in [0.1, 0.15) is 0 Å². The molecule has 0 bridgehead atoms. The van der Waals surface area contributed by atoms with E-state index in [1.54, 1.807) is 6.20 Å². The van der Waals surface area contributed by atoms with Crippen LogP contribution >= 0.6 is 0 Å². The van der Waals surface area contributed by atoms with Crippen LogP contribution in [-0.4, -0.2) is 40.7 Å². The summed E-state index contributed by atoms with van der Waals surface area (Å²) in [6, 6.07) is 21.1. The summed E-state index contributed by atoms with van der Waals surface area (Å²) in [5.41, 5.74) is 7.33. The molecule has 4 rings (SSSR count). The van der Waals surface area contributed by atoms with Crippen LogP contribution < -0.4 is 4.90 Å². The summed E-state index contributed by atoms with van der Waals surface area (Å²) in [6.07, 6.45) is 4.41. The van der Waals surface area contributed by atoms with Gasteiger partial charge in [0.05, 0.1) is 5.71 Å². The lowest BCUT2D eigenvalue weighted by molar-refractivity contribution is 0.203. The SMILES string of the molecule is Cc1cc(/C(C[C@H](c2ccc(N3CCC(CO)CC3)cc2)c2ccccc2C)=N/O)ccn1. The molecule has 1 saturated heterocycles. The number of anilines is 1. The first-order chi connectivity index (χ1) is 16.1. The molecule has 1 aliphatic rings. The van der Waals surface area contributed by atoms with E-state index < -0.39 is 0 Å². The van der Waals surface area contributed by atoms with Crippen molar-refractivity contribution in [2.24, 2.45) is 11.1 Å². The number of aliphatic hydroxyl groups excluding tert-OH is 1. The molecule has 5 heteroatoms. The second-order valence-electron chi connectivity index (χ2n) is 9.05. The number of pyridine rings is 1. The zero-order chi connectivity index (χ0) is 23.2. The maximum Gasteiger partial charge on any atom is 0.0878 e. The molecule has 1 aromatic heterocycles. The van der Waals surface area contributed by atoms with Gasteiger partial charge >= 0.3 is 0 Å². The summed E-state index contributed by atoms with van der Waals surface area (Å²) in [5.74, 6) is 0.499. The fourth-order valence-corrected chi connectivity index (χ4v) is 4.81. The standard InChI is InChI=1S/C28H33N3O2/c1-20-5-3-4-6-26(20)27(18-28(30-33)24-11-14-29-21(2)17-24)23-7-9-25(10-8-23)31-15-12-22(19-32)13-16-31/h3-11,14,17,22,27,32-33H,12-13,15-16,18-19H2,1-2H3/b30-28+/t27-/m1/s1. The Morgan fingerprint density at radius 2 is 1.79 bits per heavy atom. The third-order valence-corrected chi connectivity index (χ3v) is 6.85. The van der Waals surface area contributed by atoms with Gasteiger partial charge in [0.2, 0.25) is 0 Å². The lowest BCUT2D eigenvalue weighted by atomic mass is 9.83. The number of oxime groups is 1. The zero-order valence-corrected chi connectivity index (χ0v) is 19.5. The number of hydrogen-bond donors (Lipinski definition) is 2. The largest absolute Gasteiger partial charge is 0.411 e. The average Bonchev–Trinajstić information content (AvgIpc) is 2.86. The van der Waals surface area contributed by atoms with E-state index in [4.69, 9.17) is 0 Å². The summed E-state index contributed by atoms with van der Waals surface area (Å²) < 4.78 is 0. The van der Waals surface area contributed by atoms with Crippen molar-refractivity contribution >= 4 is 11.4 Å². The predicted molar refractivity (Wildman–Crippen MR) is 133 cm³/mol. The van der Waals surface area contributed by atoms with Gasteiger partial charge in [0.15, 0.2) is 0 Å². The van der Waals surface area contributed by atoms with Gasteiger partial charge in [0, 0.05) is 55.2 Å². The molecule has 2 N–H and O–H groups in total. The van der Waals surface area contributed by atoms with Crippen LogP contribution in [0.1, 0.15) is 53.1 Å². The smallest absolute Gasteiger partial charge is 0.0878 e. The van der Waals surface area contributed by atoms with E-state index >= 15 is 0 Å². The molecule has 1 atom stereocenters. The molecular formula is C28H33N3O2. The lowest BCUT2D eigenvalue weighted by Crippen LogP contribution is -2.34. The normalized spacial score (nSPS) is 16.1. The van der Waals surface area contributed by atoms with Crippen molar-refractivity contribution in [3.8, 4) is 0 Å². The Morgan fingerprint density at radius 1 is 1.06 bits per heavy atom. The molecule has 2 aromatic carbocycles. The van der Waals surface area contributed by atoms with Crippen LogP contribution in [-0.2, 0) is 0 Å². The average molecular weight is 444 g/mol. The highest BCUT2D eigenvalue weighted by molar-refractivity contribution is 6.01. The highest BCUT2D eigenvalue weighted by Gasteiger charge is 2.22. The van der Waals surface area contributed by atoms with Crippen LogP contribution in [0.5, 0.6) is 0 Å². The van der Waals surface area contributed by atoms with Gasteiger partial charge in [0.25, 0.3) is 0 Å². The van der Waals surface area contributed by atoms with Crippen molar-refractivity contribution < 1.29 is 10.3 Å². The minimum atomic E-state index is 0.0692. The minimum absolute atomic E-state index is 0.0692. The summed E-state index contributed by atoms with van der Waals surface area (Å²) in [5, 5.41) is 23.0. The van der Waals surface area contributed by atoms with E-state index in [0.717, 1.165) is 37.2 Å². The molecule has 3 aromatic rings. The van der Waals surface area contributed by atoms with Gasteiger partial charge < -0.3 is 15.2 Å². The van der Waals surface area contributed by atoms with Crippen LogP contribution in [0.4, 0.5) is 5.69 Å². The number of rotatable bonds is 7. The number of piperidine rings is 1. The summed E-state index contributed by atoms with van der Waals surface area (Å²) >= 11 is 0. The molecule has 1 fully saturated rings. The van der Waals surface area contributed by atoms with E-state index in [1.165, 1.54) is 22.4 Å². The van der Waals surface area contributed by atoms with Crippen LogP contribution in [0.15, 0.2) is 72.0 Å². The fraction of sp³-hybridized carbons (Fsp3) is 0.357. The molecule has 33 heavy (non-hydrogen) atoms. The molecule has 5 nitrogen and oxygen atoms in total. The number of aromatic nitrogens is 1. The maximum absolute atomic E-state index is 9.88. The molecule has 0 spiro atoms. The zero-order valence-electron chi connectivity index (χ0n) is 19.5. The van der Waals surface area contributed by atoms with Gasteiger partial charge in [-0.2, -0.15) is 0 Å². The van der Waals surface area contributed by atoms with Crippen LogP contribution in [0.3, 0.4) is 0 Å². The highest BCUT2D eigenvalue weighted by Crippen LogP contribution is 2.33. The van der Waals surface area contributed by atoms with Crippen molar-refractivity contribution in [1.82, 2.24) is 4.98 Å². The quantitative estimate of drug-likeness (QED) is 0.295. The first-order valence-corrected chi connectivity index (χ1v) is 11.7. The number of nitrogens with zero attached hydrogens (tertiary/aromatic N) is 3. The Balaban J connectivity index is 1.62. The summed E-state index contributed by atoms with van der Waals surface area (Å²) in [7, 11) is 0. The molecular weight excluding hydrogens is 410 g/mol. The van der Waals surface area contributed by atoms with Gasteiger partial charge in [-0.25, -0.2) is 0 Å². The molecule has 0 unspecified atom stereocenters. The van der Waals surface area contributed by atoms with E-state index in [2.05, 4.69) is 70.5 Å². The number of hydrogen-bond acceptors (Lipinski definition) is 5. The monoisotopic (exact) mass is 443 g/mol. The van der Waals surface area contributed by atoms with E-state index in [1.807, 2.05) is 19.1 Å². The Bertz CT molecular complexity index is 1090. The van der Waals surface area contributed by atoms with Crippen molar-refractivity contribution in [3.05, 3.63) is 94.8 Å². The van der Waals surface area contributed by atoms with Crippen molar-refractivity contribution in [1.29, 1.82) is 0 Å². The first kappa shape index (κ1) is 23.0. The Hall–Kier alpha value is -3.18. The molecule has 172 valence electrons. The Morgan fingerprint density at radius 3 is 2.42 bits per heavy atom. The Labute approximate surface area is 196 Å². The van der Waals surface area contributed by atoms with Crippen molar-refractivity contribution in [2.45, 2.75) is 39.0 Å². The number of aliphatic hydroxyl groups is 1. The second kappa shape index (κ2) is 10.6. The van der Waals surface area contributed by atoms with E-state index in [-0.39, 0.29) is 12.5 Å². The van der Waals surface area contributed by atoms with Gasteiger partial charge in [-0.05, 0) is 73.6 Å². The number of aryl methyl sites for hydroxylation is 2. The van der Waals surface area contributed by atoms with E-state index in [9.17, 15) is 10.3 Å². The Kier molecular flexibility index (Phi) is 7.40. The van der Waals surface area contributed by atoms with E-state index in [0.29, 0.717) is 18.1 Å². The summed E-state index contributed by atoms with van der Waals surface area (Å²) in [4.78, 5) is 6.68. The predicted octanol–water partition coefficient (Wildman–Crippen LogP) is 5.31. The molecule has 2 heterocycles. The van der Waals surface area contributed by atoms with Gasteiger partial charge in [-0.3, -0.25) is 4.98 Å². The third-order valence-electron chi connectivity index (χ3n) is 6.85. The van der Waals surface area contributed by atoms with Crippen molar-refractivity contribution in [2.75, 3.05) is 24.6 Å². The van der Waals surface area contributed by atoms with Crippen molar-refractivity contribution in [3.63, 3.8) is 0 Å². The fourth-order valence-electron chi connectivity index (χ4n) is 4.81. The van der Waals surface area contributed by atoms with Crippen LogP contribution in [0.25, 0.3) is 0 Å². The highest BCUT2D eigenvalue weighted by atomic mass is 16.4. The molecule has 0 aliphatic carbocycles. The molecule has 0 amide bonds. The molecule has 0 saturated carbocycles. The first-order valence-electron chi connectivity index (χ1n) is 11.7. The molecule has 0 radical (unpaired) electrons. The summed E-state index contributed by atoms with van der Waals surface area (Å²) in [6.45, 7) is 6.33. The van der Waals surface area contributed by atoms with Gasteiger partial charge in [-0.15, -0.1) is 0 Å². The topological polar surface area (TPSA) is 69.0 Å². The van der Waals surface area contributed by atoms with Crippen LogP contribution in [0, 0.1) is 19.8 Å². The second-order valence-corrected chi connectivity index (χ2v) is 9.05. The van der Waals surface area contributed by atoms with Gasteiger partial charge in [-0.1, -0.05) is 41.6 Å². The molecule has 1 aliphatic heterocycles. The third kappa shape index (κ3) is 5.42.